The SMILES string of the molecule is CCOc1cccc2cc(C(C)NC(=NC)NCCC3CC3)oc12.I. The Bertz CT molecular complexity index is 710. The summed E-state index contributed by atoms with van der Waals surface area (Å²) in [6, 6.07) is 8.06. The maximum atomic E-state index is 6.04. The minimum Gasteiger partial charge on any atom is -0.490 e. The van der Waals surface area contributed by atoms with Gasteiger partial charge >= 0.3 is 0 Å². The van der Waals surface area contributed by atoms with Crippen LogP contribution in [0.15, 0.2) is 33.7 Å². The molecule has 0 saturated heterocycles. The molecule has 1 saturated carbocycles. The minimum atomic E-state index is 0. The van der Waals surface area contributed by atoms with Gasteiger partial charge in [-0.2, -0.15) is 0 Å². The molecule has 0 aliphatic heterocycles. The Hall–Kier alpha value is -1.44. The summed E-state index contributed by atoms with van der Waals surface area (Å²) in [5.74, 6) is 3.40. The summed E-state index contributed by atoms with van der Waals surface area (Å²) in [6.07, 6.45) is 3.98. The number of aliphatic imine (C=N–C) groups is 1. The summed E-state index contributed by atoms with van der Waals surface area (Å²) in [5, 5.41) is 7.83. The average molecular weight is 457 g/mol. The van der Waals surface area contributed by atoms with E-state index in [0.29, 0.717) is 6.61 Å². The highest BCUT2D eigenvalue weighted by molar-refractivity contribution is 14.0. The minimum absolute atomic E-state index is 0. The van der Waals surface area contributed by atoms with Gasteiger partial charge in [0.05, 0.1) is 12.6 Å². The second-order valence-electron chi connectivity index (χ2n) is 6.35. The summed E-state index contributed by atoms with van der Waals surface area (Å²) in [4.78, 5) is 4.30. The number of benzene rings is 1. The zero-order valence-corrected chi connectivity index (χ0v) is 17.5. The molecule has 0 amide bonds. The van der Waals surface area contributed by atoms with Gasteiger partial charge in [0, 0.05) is 19.0 Å². The molecule has 25 heavy (non-hydrogen) atoms. The molecule has 1 unspecified atom stereocenters. The van der Waals surface area contributed by atoms with E-state index in [1.54, 1.807) is 7.05 Å². The monoisotopic (exact) mass is 457 g/mol. The van der Waals surface area contributed by atoms with Crippen LogP contribution in [0.3, 0.4) is 0 Å². The molecule has 0 spiro atoms. The molecule has 1 aliphatic rings. The Labute approximate surface area is 166 Å². The van der Waals surface area contributed by atoms with Crippen molar-refractivity contribution in [2.45, 2.75) is 39.2 Å². The van der Waals surface area contributed by atoms with Crippen LogP contribution in [0, 0.1) is 5.92 Å². The van der Waals surface area contributed by atoms with E-state index >= 15 is 0 Å². The van der Waals surface area contributed by atoms with Gasteiger partial charge in [-0.25, -0.2) is 0 Å². The third-order valence-electron chi connectivity index (χ3n) is 4.37. The van der Waals surface area contributed by atoms with Crippen LogP contribution in [0.5, 0.6) is 5.75 Å². The van der Waals surface area contributed by atoms with Crippen LogP contribution in [0.25, 0.3) is 11.0 Å². The highest BCUT2D eigenvalue weighted by Crippen LogP contribution is 2.32. The van der Waals surface area contributed by atoms with Crippen LogP contribution in [0.2, 0.25) is 0 Å². The molecule has 0 bridgehead atoms. The number of guanidine groups is 1. The number of ether oxygens (including phenoxy) is 1. The predicted molar refractivity (Wildman–Crippen MR) is 113 cm³/mol. The van der Waals surface area contributed by atoms with Gasteiger partial charge in [0.1, 0.15) is 5.76 Å². The van der Waals surface area contributed by atoms with E-state index in [4.69, 9.17) is 9.15 Å². The van der Waals surface area contributed by atoms with Crippen LogP contribution in [-0.2, 0) is 0 Å². The first-order chi connectivity index (χ1) is 11.7. The van der Waals surface area contributed by atoms with Gasteiger partial charge in [0.2, 0.25) is 0 Å². The van der Waals surface area contributed by atoms with Crippen molar-refractivity contribution in [2.24, 2.45) is 10.9 Å². The molecule has 138 valence electrons. The van der Waals surface area contributed by atoms with E-state index in [1.807, 2.05) is 25.1 Å². The van der Waals surface area contributed by atoms with E-state index in [2.05, 4.69) is 28.6 Å². The second kappa shape index (κ2) is 9.31. The Morgan fingerprint density at radius 1 is 1.40 bits per heavy atom. The fourth-order valence-electron chi connectivity index (χ4n) is 2.81. The number of hydrogen-bond donors (Lipinski definition) is 2. The van der Waals surface area contributed by atoms with Crippen LogP contribution < -0.4 is 15.4 Å². The standard InChI is InChI=1S/C19H27N3O2.HI/c1-4-23-16-7-5-6-15-12-17(24-18(15)16)13(2)22-19(20-3)21-11-10-14-8-9-14;/h5-7,12-14H,4,8-11H2,1-3H3,(H2,20,21,22);1H. The van der Waals surface area contributed by atoms with Crippen molar-refractivity contribution < 1.29 is 9.15 Å². The summed E-state index contributed by atoms with van der Waals surface area (Å²) < 4.78 is 11.7. The van der Waals surface area contributed by atoms with Gasteiger partial charge in [0.15, 0.2) is 17.3 Å². The molecule has 2 N–H and O–H groups in total. The lowest BCUT2D eigenvalue weighted by atomic mass is 10.2. The van der Waals surface area contributed by atoms with Crippen molar-refractivity contribution in [3.8, 4) is 5.75 Å². The number of nitrogens with one attached hydrogen (secondary N) is 2. The van der Waals surface area contributed by atoms with Crippen molar-refractivity contribution in [1.29, 1.82) is 0 Å². The number of hydrogen-bond acceptors (Lipinski definition) is 3. The zero-order valence-electron chi connectivity index (χ0n) is 15.2. The van der Waals surface area contributed by atoms with E-state index in [-0.39, 0.29) is 30.0 Å². The summed E-state index contributed by atoms with van der Waals surface area (Å²) in [7, 11) is 1.80. The van der Waals surface area contributed by atoms with E-state index < -0.39 is 0 Å². The molecule has 1 aromatic heterocycles. The first-order valence-electron chi connectivity index (χ1n) is 8.83. The highest BCUT2D eigenvalue weighted by Gasteiger charge is 2.20. The van der Waals surface area contributed by atoms with Crippen molar-refractivity contribution >= 4 is 40.9 Å². The smallest absolute Gasteiger partial charge is 0.191 e. The lowest BCUT2D eigenvalue weighted by molar-refractivity contribution is 0.336. The van der Waals surface area contributed by atoms with Gasteiger partial charge < -0.3 is 19.8 Å². The molecule has 1 heterocycles. The number of fused-ring (bicyclic) bond motifs is 1. The average Bonchev–Trinajstić information content (AvgIpc) is 3.29. The predicted octanol–water partition coefficient (Wildman–Crippen LogP) is 4.48. The van der Waals surface area contributed by atoms with Crippen molar-refractivity contribution in [3.63, 3.8) is 0 Å². The molecule has 1 aromatic carbocycles. The summed E-state index contributed by atoms with van der Waals surface area (Å²) in [5.41, 5.74) is 0.805. The molecule has 6 heteroatoms. The Morgan fingerprint density at radius 3 is 2.88 bits per heavy atom. The third-order valence-corrected chi connectivity index (χ3v) is 4.37. The maximum Gasteiger partial charge on any atom is 0.191 e. The quantitative estimate of drug-likeness (QED) is 0.366. The van der Waals surface area contributed by atoms with E-state index in [0.717, 1.165) is 40.9 Å². The summed E-state index contributed by atoms with van der Waals surface area (Å²) >= 11 is 0. The van der Waals surface area contributed by atoms with Gasteiger partial charge in [-0.3, -0.25) is 4.99 Å². The number of rotatable bonds is 7. The Balaban J connectivity index is 0.00000225. The Morgan fingerprint density at radius 2 is 2.20 bits per heavy atom. The van der Waals surface area contributed by atoms with Crippen molar-refractivity contribution in [1.82, 2.24) is 10.6 Å². The third kappa shape index (κ3) is 5.26. The topological polar surface area (TPSA) is 58.8 Å². The number of para-hydroxylation sites is 1. The van der Waals surface area contributed by atoms with E-state index in [9.17, 15) is 0 Å². The number of nitrogens with zero attached hydrogens (tertiary/aromatic N) is 1. The van der Waals surface area contributed by atoms with Gasteiger partial charge in [-0.1, -0.05) is 25.0 Å². The maximum absolute atomic E-state index is 6.04. The number of furan rings is 1. The van der Waals surface area contributed by atoms with Crippen molar-refractivity contribution in [3.05, 3.63) is 30.0 Å². The van der Waals surface area contributed by atoms with Crippen LogP contribution >= 0.6 is 24.0 Å². The largest absolute Gasteiger partial charge is 0.490 e. The fourth-order valence-corrected chi connectivity index (χ4v) is 2.81. The lowest BCUT2D eigenvalue weighted by Gasteiger charge is -2.16. The molecule has 1 atom stereocenters. The molecular formula is C19H28IN3O2. The zero-order chi connectivity index (χ0) is 16.9. The molecule has 3 rings (SSSR count). The molecule has 1 aliphatic carbocycles. The second-order valence-corrected chi connectivity index (χ2v) is 6.35. The Kier molecular flexibility index (Phi) is 7.40. The molecular weight excluding hydrogens is 429 g/mol. The van der Waals surface area contributed by atoms with E-state index in [1.165, 1.54) is 19.3 Å². The fraction of sp³-hybridized carbons (Fsp3) is 0.526. The molecule has 1 fully saturated rings. The van der Waals surface area contributed by atoms with Crippen LogP contribution in [0.4, 0.5) is 0 Å². The van der Waals surface area contributed by atoms with Gasteiger partial charge in [-0.05, 0) is 38.3 Å². The van der Waals surface area contributed by atoms with Gasteiger partial charge in [0.25, 0.3) is 0 Å². The van der Waals surface area contributed by atoms with Crippen molar-refractivity contribution in [2.75, 3.05) is 20.2 Å². The normalized spacial score (nSPS) is 15.6. The highest BCUT2D eigenvalue weighted by atomic mass is 127. The van der Waals surface area contributed by atoms with Gasteiger partial charge in [-0.15, -0.1) is 24.0 Å². The first kappa shape index (κ1) is 19.9. The lowest BCUT2D eigenvalue weighted by Crippen LogP contribution is -2.39. The first-order valence-corrected chi connectivity index (χ1v) is 8.83. The molecule has 5 nitrogen and oxygen atoms in total. The molecule has 0 radical (unpaired) electrons. The van der Waals surface area contributed by atoms with Crippen LogP contribution in [-0.4, -0.2) is 26.2 Å². The molecule has 2 aromatic rings. The van der Waals surface area contributed by atoms with Crippen LogP contribution in [0.1, 0.15) is 44.9 Å². The number of halogens is 1. The summed E-state index contributed by atoms with van der Waals surface area (Å²) in [6.45, 7) is 5.64.